The molecule has 6 heteroatoms. The number of hydrogen-bond donors (Lipinski definition) is 0. The molecule has 0 radical (unpaired) electrons. The highest BCUT2D eigenvalue weighted by atomic mass is 16.5. The van der Waals surface area contributed by atoms with Crippen LogP contribution in [-0.4, -0.2) is 56.0 Å². The number of carbonyl (C=O) groups excluding carboxylic acids is 2. The molecule has 0 unspecified atom stereocenters. The van der Waals surface area contributed by atoms with Crippen molar-refractivity contribution in [2.24, 2.45) is 0 Å². The highest BCUT2D eigenvalue weighted by Crippen LogP contribution is 2.31. The van der Waals surface area contributed by atoms with Crippen LogP contribution < -0.4 is 14.5 Å². The molecule has 0 spiro atoms. The van der Waals surface area contributed by atoms with Gasteiger partial charge in [-0.1, -0.05) is 24.3 Å². The van der Waals surface area contributed by atoms with Crippen LogP contribution in [0.5, 0.6) is 5.75 Å². The van der Waals surface area contributed by atoms with Gasteiger partial charge in [-0.25, -0.2) is 0 Å². The first-order valence-electron chi connectivity index (χ1n) is 10.2. The monoisotopic (exact) mass is 393 g/mol. The van der Waals surface area contributed by atoms with E-state index in [4.69, 9.17) is 4.74 Å². The van der Waals surface area contributed by atoms with Crippen LogP contribution >= 0.6 is 0 Å². The summed E-state index contributed by atoms with van der Waals surface area (Å²) in [7, 11) is 0. The Bertz CT molecular complexity index is 919. The average molecular weight is 393 g/mol. The molecule has 4 rings (SSSR count). The fraction of sp³-hybridized carbons (Fsp3) is 0.391. The molecule has 29 heavy (non-hydrogen) atoms. The van der Waals surface area contributed by atoms with E-state index in [1.165, 1.54) is 16.8 Å². The minimum atomic E-state index is -0.0719. The number of ether oxygens (including phenoxy) is 1. The maximum absolute atomic E-state index is 13.0. The molecule has 0 atom stereocenters. The quantitative estimate of drug-likeness (QED) is 0.805. The Labute approximate surface area is 171 Å². The number of aryl methyl sites for hydroxylation is 1. The Morgan fingerprint density at radius 2 is 1.69 bits per heavy atom. The maximum Gasteiger partial charge on any atom is 0.242 e. The first kappa shape index (κ1) is 19.3. The summed E-state index contributed by atoms with van der Waals surface area (Å²) < 4.78 is 5.67. The van der Waals surface area contributed by atoms with Crippen LogP contribution in [0.2, 0.25) is 0 Å². The fourth-order valence-electron chi connectivity index (χ4n) is 4.00. The Kier molecular flexibility index (Phi) is 5.43. The van der Waals surface area contributed by atoms with Crippen molar-refractivity contribution >= 4 is 23.2 Å². The number of benzene rings is 2. The number of carbonyl (C=O) groups is 2. The van der Waals surface area contributed by atoms with E-state index in [1.807, 2.05) is 29.2 Å². The second kappa shape index (κ2) is 8.15. The summed E-state index contributed by atoms with van der Waals surface area (Å²) in [6.45, 7) is 7.58. The van der Waals surface area contributed by atoms with E-state index >= 15 is 0 Å². The number of anilines is 2. The number of hydrogen-bond acceptors (Lipinski definition) is 4. The zero-order valence-corrected chi connectivity index (χ0v) is 17.1. The number of piperazine rings is 1. The lowest BCUT2D eigenvalue weighted by Crippen LogP contribution is -2.52. The summed E-state index contributed by atoms with van der Waals surface area (Å²) in [6, 6.07) is 13.8. The SMILES string of the molecule is Cc1cccc(N2CCN(C(=O)CN3C(=O)CCOc4ccccc43)CC2)c1C. The van der Waals surface area contributed by atoms with E-state index in [9.17, 15) is 9.59 Å². The summed E-state index contributed by atoms with van der Waals surface area (Å²) in [5.41, 5.74) is 4.49. The average Bonchev–Trinajstić information content (AvgIpc) is 2.89. The molecule has 1 fully saturated rings. The molecule has 1 saturated heterocycles. The van der Waals surface area contributed by atoms with Crippen molar-refractivity contribution in [3.05, 3.63) is 53.6 Å². The molecule has 0 N–H and O–H groups in total. The molecular formula is C23H27N3O3. The van der Waals surface area contributed by atoms with Gasteiger partial charge in [-0.2, -0.15) is 0 Å². The van der Waals surface area contributed by atoms with Gasteiger partial charge in [0, 0.05) is 31.9 Å². The van der Waals surface area contributed by atoms with E-state index in [2.05, 4.69) is 36.9 Å². The van der Waals surface area contributed by atoms with Gasteiger partial charge in [-0.15, -0.1) is 0 Å². The molecule has 0 saturated carbocycles. The van der Waals surface area contributed by atoms with Crippen LogP contribution in [0.25, 0.3) is 0 Å². The van der Waals surface area contributed by atoms with E-state index in [1.54, 1.807) is 4.90 Å². The van der Waals surface area contributed by atoms with Crippen LogP contribution in [0, 0.1) is 13.8 Å². The molecular weight excluding hydrogens is 366 g/mol. The minimum Gasteiger partial charge on any atom is -0.491 e. The van der Waals surface area contributed by atoms with Crippen molar-refractivity contribution in [3.8, 4) is 5.75 Å². The van der Waals surface area contributed by atoms with Crippen molar-refractivity contribution in [3.63, 3.8) is 0 Å². The van der Waals surface area contributed by atoms with Gasteiger partial charge < -0.3 is 14.5 Å². The van der Waals surface area contributed by atoms with E-state index < -0.39 is 0 Å². The van der Waals surface area contributed by atoms with Crippen molar-refractivity contribution in [2.75, 3.05) is 49.1 Å². The van der Waals surface area contributed by atoms with E-state index in [0.717, 1.165) is 13.1 Å². The zero-order chi connectivity index (χ0) is 20.4. The number of amides is 2. The first-order valence-corrected chi connectivity index (χ1v) is 10.2. The zero-order valence-electron chi connectivity index (χ0n) is 17.1. The highest BCUT2D eigenvalue weighted by molar-refractivity contribution is 6.00. The standard InChI is InChI=1S/C23H27N3O3/c1-17-6-5-8-19(18(17)2)24-11-13-25(14-12-24)23(28)16-26-20-7-3-4-9-21(20)29-15-10-22(26)27/h3-9H,10-16H2,1-2H3. The highest BCUT2D eigenvalue weighted by Gasteiger charge is 2.28. The van der Waals surface area contributed by atoms with Crippen molar-refractivity contribution in [1.29, 1.82) is 0 Å². The number of para-hydroxylation sites is 2. The van der Waals surface area contributed by atoms with E-state index in [-0.39, 0.29) is 24.8 Å². The third-order valence-corrected chi connectivity index (χ3v) is 5.87. The van der Waals surface area contributed by atoms with Crippen molar-refractivity contribution in [1.82, 2.24) is 4.90 Å². The van der Waals surface area contributed by atoms with Gasteiger partial charge >= 0.3 is 0 Å². The Balaban J connectivity index is 1.43. The maximum atomic E-state index is 13.0. The first-order chi connectivity index (χ1) is 14.0. The molecule has 6 nitrogen and oxygen atoms in total. The minimum absolute atomic E-state index is 0.0179. The lowest BCUT2D eigenvalue weighted by Gasteiger charge is -2.37. The van der Waals surface area contributed by atoms with Gasteiger partial charge in [0.25, 0.3) is 0 Å². The van der Waals surface area contributed by atoms with Gasteiger partial charge in [-0.3, -0.25) is 14.5 Å². The fourth-order valence-corrected chi connectivity index (χ4v) is 4.00. The van der Waals surface area contributed by atoms with Crippen LogP contribution in [0.3, 0.4) is 0 Å². The Hall–Kier alpha value is -3.02. The van der Waals surface area contributed by atoms with Gasteiger partial charge in [0.05, 0.1) is 18.7 Å². The Morgan fingerprint density at radius 1 is 0.966 bits per heavy atom. The topological polar surface area (TPSA) is 53.1 Å². The molecule has 2 aliphatic heterocycles. The van der Waals surface area contributed by atoms with Crippen molar-refractivity contribution < 1.29 is 14.3 Å². The van der Waals surface area contributed by atoms with E-state index in [0.29, 0.717) is 31.1 Å². The lowest BCUT2D eigenvalue weighted by molar-refractivity contribution is -0.131. The molecule has 2 aromatic carbocycles. The molecule has 0 bridgehead atoms. The van der Waals surface area contributed by atoms with Gasteiger partial charge in [0.15, 0.2) is 0 Å². The molecule has 152 valence electrons. The smallest absolute Gasteiger partial charge is 0.242 e. The Morgan fingerprint density at radius 3 is 2.48 bits per heavy atom. The van der Waals surface area contributed by atoms with Crippen molar-refractivity contribution in [2.45, 2.75) is 20.3 Å². The second-order valence-electron chi connectivity index (χ2n) is 7.63. The third-order valence-electron chi connectivity index (χ3n) is 5.87. The summed E-state index contributed by atoms with van der Waals surface area (Å²) in [6.07, 6.45) is 0.280. The predicted molar refractivity (Wildman–Crippen MR) is 114 cm³/mol. The third kappa shape index (κ3) is 3.92. The predicted octanol–water partition coefficient (Wildman–Crippen LogP) is 2.77. The number of rotatable bonds is 3. The molecule has 2 heterocycles. The largest absolute Gasteiger partial charge is 0.491 e. The van der Waals surface area contributed by atoms with Crippen LogP contribution in [0.4, 0.5) is 11.4 Å². The number of fused-ring (bicyclic) bond motifs is 1. The number of nitrogens with zero attached hydrogens (tertiary/aromatic N) is 3. The van der Waals surface area contributed by atoms with Gasteiger partial charge in [0.2, 0.25) is 11.8 Å². The summed E-state index contributed by atoms with van der Waals surface area (Å²) in [4.78, 5) is 31.3. The molecule has 2 aliphatic rings. The summed E-state index contributed by atoms with van der Waals surface area (Å²) in [5.74, 6) is 0.568. The van der Waals surface area contributed by atoms with Crippen LogP contribution in [-0.2, 0) is 9.59 Å². The normalized spacial score (nSPS) is 16.9. The molecule has 2 aromatic rings. The lowest BCUT2D eigenvalue weighted by atomic mass is 10.1. The molecule has 0 aromatic heterocycles. The van der Waals surface area contributed by atoms with Gasteiger partial charge in [0.1, 0.15) is 12.3 Å². The summed E-state index contributed by atoms with van der Waals surface area (Å²) >= 11 is 0. The molecule has 2 amide bonds. The summed E-state index contributed by atoms with van der Waals surface area (Å²) in [5, 5.41) is 0. The van der Waals surface area contributed by atoms with Crippen LogP contribution in [0.1, 0.15) is 17.5 Å². The molecule has 0 aliphatic carbocycles. The van der Waals surface area contributed by atoms with Crippen LogP contribution in [0.15, 0.2) is 42.5 Å². The second-order valence-corrected chi connectivity index (χ2v) is 7.63. The van der Waals surface area contributed by atoms with Gasteiger partial charge in [-0.05, 0) is 43.2 Å².